The van der Waals surface area contributed by atoms with Crippen molar-refractivity contribution in [2.75, 3.05) is 5.32 Å². The van der Waals surface area contributed by atoms with E-state index in [1.807, 2.05) is 43.3 Å². The van der Waals surface area contributed by atoms with Crippen molar-refractivity contribution in [3.63, 3.8) is 0 Å². The summed E-state index contributed by atoms with van der Waals surface area (Å²) in [7, 11) is 0. The Kier molecular flexibility index (Phi) is 5.80. The number of nitrogens with one attached hydrogen (secondary N) is 1. The number of ether oxygens (including phenoxy) is 1. The van der Waals surface area contributed by atoms with Gasteiger partial charge < -0.3 is 14.6 Å². The van der Waals surface area contributed by atoms with E-state index < -0.39 is 0 Å². The number of hydrogen-bond acceptors (Lipinski definition) is 5. The highest BCUT2D eigenvalue weighted by Gasteiger charge is 2.15. The summed E-state index contributed by atoms with van der Waals surface area (Å²) in [5.74, 6) is 1.01. The predicted octanol–water partition coefficient (Wildman–Crippen LogP) is 5.03. The highest BCUT2D eigenvalue weighted by molar-refractivity contribution is 6.04. The molecule has 0 saturated carbocycles. The quantitative estimate of drug-likeness (QED) is 0.465. The van der Waals surface area contributed by atoms with Crippen molar-refractivity contribution in [3.05, 3.63) is 93.1 Å². The second-order valence-corrected chi connectivity index (χ2v) is 9.13. The van der Waals surface area contributed by atoms with Gasteiger partial charge in [-0.25, -0.2) is 4.98 Å². The van der Waals surface area contributed by atoms with Crippen molar-refractivity contribution in [1.82, 2.24) is 9.56 Å². The molecule has 0 atom stereocenters. The van der Waals surface area contributed by atoms with E-state index in [1.165, 1.54) is 11.6 Å². The average Bonchev–Trinajstić information content (AvgIpc) is 3.14. The van der Waals surface area contributed by atoms with Crippen molar-refractivity contribution in [2.24, 2.45) is 0 Å². The number of hydrogen-bond donors (Lipinski definition) is 1. The van der Waals surface area contributed by atoms with Crippen LogP contribution in [0.15, 0.2) is 63.9 Å². The lowest BCUT2D eigenvalue weighted by molar-refractivity contribution is 0.102. The molecule has 0 radical (unpaired) electrons. The van der Waals surface area contributed by atoms with Gasteiger partial charge in [-0.05, 0) is 48.6 Å². The van der Waals surface area contributed by atoms with Gasteiger partial charge in [0.2, 0.25) is 0 Å². The van der Waals surface area contributed by atoms with Gasteiger partial charge in [-0.2, -0.15) is 0 Å². The first kappa shape index (κ1) is 22.3. The van der Waals surface area contributed by atoms with Crippen LogP contribution >= 0.6 is 0 Å². The van der Waals surface area contributed by atoms with Gasteiger partial charge >= 0.3 is 0 Å². The third-order valence-corrected chi connectivity index (χ3v) is 5.36. The van der Waals surface area contributed by atoms with Gasteiger partial charge in [0.1, 0.15) is 18.1 Å². The molecule has 0 aliphatic rings. The number of aromatic nitrogens is 2. The minimum atomic E-state index is -0.304. The molecule has 0 aliphatic heterocycles. The largest absolute Gasteiger partial charge is 0.487 e. The van der Waals surface area contributed by atoms with Crippen molar-refractivity contribution in [2.45, 2.75) is 46.6 Å². The normalized spacial score (nSPS) is 11.5. The molecule has 2 heterocycles. The number of carbonyl (C=O) groups excluding carboxylic acids is 1. The lowest BCUT2D eigenvalue weighted by Gasteiger charge is -2.19. The fraction of sp³-hybridized carbons (Fsp3) is 0.269. The van der Waals surface area contributed by atoms with Crippen LogP contribution in [-0.2, 0) is 12.0 Å². The fourth-order valence-electron chi connectivity index (χ4n) is 3.46. The van der Waals surface area contributed by atoms with E-state index in [0.717, 1.165) is 10.1 Å². The molecular weight excluding hydrogens is 418 g/mol. The Labute approximate surface area is 192 Å². The first-order valence-electron chi connectivity index (χ1n) is 10.7. The summed E-state index contributed by atoms with van der Waals surface area (Å²) in [6.45, 7) is 10.2. The number of anilines is 1. The minimum absolute atomic E-state index is 0.0274. The van der Waals surface area contributed by atoms with Crippen LogP contribution in [0, 0.1) is 13.8 Å². The highest BCUT2D eigenvalue weighted by Crippen LogP contribution is 2.25. The number of fused-ring (bicyclic) bond motifs is 1. The van der Waals surface area contributed by atoms with Gasteiger partial charge in [0, 0.05) is 29.4 Å². The van der Waals surface area contributed by atoms with Crippen LogP contribution in [0.25, 0.3) is 5.65 Å². The van der Waals surface area contributed by atoms with Crippen molar-refractivity contribution < 1.29 is 14.1 Å². The molecule has 0 bridgehead atoms. The Morgan fingerprint density at radius 3 is 2.48 bits per heavy atom. The van der Waals surface area contributed by atoms with Gasteiger partial charge in [0.25, 0.3) is 11.5 Å². The van der Waals surface area contributed by atoms with E-state index in [1.54, 1.807) is 19.1 Å². The number of carbonyl (C=O) groups is 1. The number of aryl methyl sites for hydroxylation is 2. The summed E-state index contributed by atoms with van der Waals surface area (Å²) in [6.07, 6.45) is 0. The number of amides is 1. The first-order valence-corrected chi connectivity index (χ1v) is 10.7. The van der Waals surface area contributed by atoms with Gasteiger partial charge in [0.05, 0.1) is 5.69 Å². The van der Waals surface area contributed by atoms with Gasteiger partial charge in [-0.1, -0.05) is 39.0 Å². The summed E-state index contributed by atoms with van der Waals surface area (Å²) in [5.41, 5.74) is 3.93. The molecule has 1 amide bonds. The molecule has 0 fully saturated rings. The summed E-state index contributed by atoms with van der Waals surface area (Å²) in [5, 5.41) is 2.92. The molecule has 4 aromatic rings. The molecule has 0 unspecified atom stereocenters. The summed E-state index contributed by atoms with van der Waals surface area (Å²) in [4.78, 5) is 29.3. The van der Waals surface area contributed by atoms with Crippen molar-refractivity contribution >= 4 is 17.2 Å². The van der Waals surface area contributed by atoms with Crippen LogP contribution in [0.4, 0.5) is 5.69 Å². The Morgan fingerprint density at radius 2 is 1.79 bits per heavy atom. The third-order valence-electron chi connectivity index (χ3n) is 5.36. The summed E-state index contributed by atoms with van der Waals surface area (Å²) < 4.78 is 12.4. The maximum Gasteiger partial charge on any atom is 0.287 e. The molecular formula is C26H27N3O4. The second kappa shape index (κ2) is 8.58. The van der Waals surface area contributed by atoms with E-state index in [4.69, 9.17) is 9.26 Å². The monoisotopic (exact) mass is 445 g/mol. The van der Waals surface area contributed by atoms with E-state index >= 15 is 0 Å². The van der Waals surface area contributed by atoms with Crippen LogP contribution in [-0.4, -0.2) is 15.5 Å². The fourth-order valence-corrected chi connectivity index (χ4v) is 3.46. The van der Waals surface area contributed by atoms with Crippen molar-refractivity contribution in [1.29, 1.82) is 0 Å². The number of rotatable bonds is 5. The Morgan fingerprint density at radius 1 is 1.06 bits per heavy atom. The number of nitrogens with zero attached hydrogens (tertiary/aromatic N) is 2. The topological polar surface area (TPSA) is 85.8 Å². The molecule has 4 rings (SSSR count). The first-order chi connectivity index (χ1) is 15.6. The van der Waals surface area contributed by atoms with Gasteiger partial charge in [0.15, 0.2) is 5.65 Å². The van der Waals surface area contributed by atoms with Crippen LogP contribution in [0.1, 0.15) is 53.7 Å². The van der Waals surface area contributed by atoms with E-state index in [2.05, 4.69) is 31.1 Å². The van der Waals surface area contributed by atoms with Crippen LogP contribution < -0.4 is 15.6 Å². The molecule has 33 heavy (non-hydrogen) atoms. The highest BCUT2D eigenvalue weighted by atomic mass is 16.5. The van der Waals surface area contributed by atoms with E-state index in [-0.39, 0.29) is 23.5 Å². The molecule has 0 spiro atoms. The van der Waals surface area contributed by atoms with Gasteiger partial charge in [-0.3, -0.25) is 9.59 Å². The van der Waals surface area contributed by atoms with Crippen molar-refractivity contribution in [3.8, 4) is 5.75 Å². The van der Waals surface area contributed by atoms with E-state index in [9.17, 15) is 9.59 Å². The third kappa shape index (κ3) is 4.98. The zero-order valence-corrected chi connectivity index (χ0v) is 19.4. The minimum Gasteiger partial charge on any atom is -0.487 e. The molecule has 2 aromatic heterocycles. The zero-order chi connectivity index (χ0) is 23.8. The molecule has 0 saturated heterocycles. The maximum atomic E-state index is 12.7. The van der Waals surface area contributed by atoms with Crippen LogP contribution in [0.5, 0.6) is 5.75 Å². The molecule has 2 aromatic carbocycles. The zero-order valence-electron chi connectivity index (χ0n) is 19.4. The Bertz CT molecular complexity index is 1380. The average molecular weight is 446 g/mol. The Hall–Kier alpha value is -3.87. The maximum absolute atomic E-state index is 12.7. The molecule has 7 nitrogen and oxygen atoms in total. The SMILES string of the molecule is Cc1cc2nc(COc3cc(NC(=O)c4ccc(C(C)(C)C)cc4)ccc3C)cc(=O)n2o1. The molecule has 1 N–H and O–H groups in total. The Balaban J connectivity index is 1.47. The molecule has 170 valence electrons. The summed E-state index contributed by atoms with van der Waals surface area (Å²) >= 11 is 0. The summed E-state index contributed by atoms with van der Waals surface area (Å²) in [6, 6.07) is 16.2. The number of benzene rings is 2. The molecule has 7 heteroatoms. The predicted molar refractivity (Wildman–Crippen MR) is 127 cm³/mol. The van der Waals surface area contributed by atoms with E-state index in [0.29, 0.717) is 34.1 Å². The second-order valence-electron chi connectivity index (χ2n) is 9.13. The lowest BCUT2D eigenvalue weighted by atomic mass is 9.87. The molecule has 0 aliphatic carbocycles. The van der Waals surface area contributed by atoms with Gasteiger partial charge in [-0.15, -0.1) is 4.57 Å². The lowest BCUT2D eigenvalue weighted by Crippen LogP contribution is -2.15. The smallest absolute Gasteiger partial charge is 0.287 e. The standard InChI is InChI=1S/C26H27N3O4/c1-16-6-11-20(28-25(31)18-7-9-19(10-8-18)26(3,4)5)13-22(16)32-15-21-14-24(30)29-23(27-21)12-17(2)33-29/h6-14H,15H2,1-5H3,(H,28,31). The van der Waals surface area contributed by atoms with Crippen LogP contribution in [0.3, 0.4) is 0 Å². The van der Waals surface area contributed by atoms with Crippen LogP contribution in [0.2, 0.25) is 0 Å².